The molecule has 1 aromatic carbocycles. The molecule has 1 aliphatic rings. The number of hydrogen-bond donors (Lipinski definition) is 3. The van der Waals surface area contributed by atoms with Gasteiger partial charge in [-0.3, -0.25) is 19.2 Å². The number of hydrogen-bond acceptors (Lipinski definition) is 9. The third kappa shape index (κ3) is 12.1. The largest absolute Gasteiger partial charge is 0.386 e. The van der Waals surface area contributed by atoms with Crippen LogP contribution in [0.2, 0.25) is 0 Å². The zero-order chi connectivity index (χ0) is 40.2. The fraction of sp³-hybridized carbons (Fsp3) is 0.750. The van der Waals surface area contributed by atoms with Crippen molar-refractivity contribution in [3.63, 3.8) is 0 Å². The lowest BCUT2D eigenvalue weighted by Gasteiger charge is -2.41. The number of carbonyl (C=O) groups is 4. The van der Waals surface area contributed by atoms with Gasteiger partial charge < -0.3 is 35.0 Å². The predicted octanol–water partition coefficient (Wildman–Crippen LogP) is 4.52. The summed E-state index contributed by atoms with van der Waals surface area (Å²) >= 11 is 1.47. The van der Waals surface area contributed by atoms with Crippen molar-refractivity contribution in [2.45, 2.75) is 130 Å². The monoisotopic (exact) mass is 763 g/mol. The van der Waals surface area contributed by atoms with E-state index in [-0.39, 0.29) is 53.8 Å². The molecule has 1 aromatic rings. The summed E-state index contributed by atoms with van der Waals surface area (Å²) in [7, 11) is 6.73. The maximum Gasteiger partial charge on any atom is 0.245 e. The van der Waals surface area contributed by atoms with Crippen LogP contribution in [0.4, 0.5) is 0 Å². The van der Waals surface area contributed by atoms with Gasteiger partial charge in [0.2, 0.25) is 23.6 Å². The number of aliphatic hydroxyl groups excluding tert-OH is 1. The molecule has 1 aliphatic heterocycles. The van der Waals surface area contributed by atoms with Crippen molar-refractivity contribution in [1.82, 2.24) is 24.7 Å². The molecule has 302 valence electrons. The third-order valence-corrected chi connectivity index (χ3v) is 11.9. The molecular formula is C40H69N5O7S. The Hall–Kier alpha value is -2.71. The topological polar surface area (TPSA) is 141 Å². The molecule has 4 amide bonds. The molecule has 1 fully saturated rings. The number of aliphatic hydroxyl groups is 1. The molecule has 1 heterocycles. The van der Waals surface area contributed by atoms with Gasteiger partial charge in [0.25, 0.3) is 0 Å². The molecule has 0 radical (unpaired) electrons. The minimum absolute atomic E-state index is 0.0192. The van der Waals surface area contributed by atoms with E-state index in [2.05, 4.69) is 10.6 Å². The second-order valence-corrected chi connectivity index (χ2v) is 16.3. The van der Waals surface area contributed by atoms with E-state index < -0.39 is 48.4 Å². The number of nitrogens with one attached hydrogen (secondary N) is 2. The van der Waals surface area contributed by atoms with Gasteiger partial charge in [-0.2, -0.15) is 0 Å². The fourth-order valence-electron chi connectivity index (χ4n) is 7.65. The minimum Gasteiger partial charge on any atom is -0.386 e. The summed E-state index contributed by atoms with van der Waals surface area (Å²) in [4.78, 5) is 58.9. The van der Waals surface area contributed by atoms with Gasteiger partial charge in [-0.15, -0.1) is 0 Å². The molecule has 2 rings (SSSR count). The van der Waals surface area contributed by atoms with Crippen LogP contribution in [-0.2, 0) is 28.7 Å². The smallest absolute Gasteiger partial charge is 0.245 e. The normalized spacial score (nSPS) is 19.9. The lowest BCUT2D eigenvalue weighted by molar-refractivity contribution is -0.148. The summed E-state index contributed by atoms with van der Waals surface area (Å²) in [6.07, 6.45) is 2.05. The number of rotatable bonds is 21. The van der Waals surface area contributed by atoms with Crippen molar-refractivity contribution in [3.05, 3.63) is 35.9 Å². The average Bonchev–Trinajstić information content (AvgIpc) is 3.62. The molecule has 1 saturated heterocycles. The van der Waals surface area contributed by atoms with E-state index in [0.717, 1.165) is 12.8 Å². The highest BCUT2D eigenvalue weighted by atomic mass is 32.2. The van der Waals surface area contributed by atoms with Crippen molar-refractivity contribution in [2.75, 3.05) is 41.1 Å². The lowest BCUT2D eigenvalue weighted by atomic mass is 9.89. The SMILES string of the molecule is CC[C@H](C)[C@@H]([C@@H](CC(=O)N1CCC[C@H]1[C@H](OC)[C@@H](C)C(=O)N[C@H](C)[C@@H](O)c1ccccc1)OC)N(C)C(=O)[C@@H](NC(=O)[C@H](C(C)C)N(C)SC)C(C)C. The van der Waals surface area contributed by atoms with Crippen LogP contribution in [0.25, 0.3) is 0 Å². The van der Waals surface area contributed by atoms with E-state index in [4.69, 9.17) is 9.47 Å². The van der Waals surface area contributed by atoms with E-state index in [1.807, 2.05) is 89.5 Å². The van der Waals surface area contributed by atoms with Gasteiger partial charge in [0.1, 0.15) is 12.1 Å². The number of carbonyl (C=O) groups excluding carboxylic acids is 4. The zero-order valence-electron chi connectivity index (χ0n) is 34.5. The Morgan fingerprint density at radius 1 is 0.943 bits per heavy atom. The molecule has 53 heavy (non-hydrogen) atoms. The Labute approximate surface area is 323 Å². The summed E-state index contributed by atoms with van der Waals surface area (Å²) in [5.74, 6) is -1.60. The maximum atomic E-state index is 14.3. The van der Waals surface area contributed by atoms with Crippen LogP contribution in [0.5, 0.6) is 0 Å². The summed E-state index contributed by atoms with van der Waals surface area (Å²) in [6, 6.07) is 6.69. The van der Waals surface area contributed by atoms with Crippen LogP contribution < -0.4 is 10.6 Å². The first-order valence-corrected chi connectivity index (χ1v) is 20.4. The molecule has 0 bridgehead atoms. The number of benzene rings is 1. The molecule has 0 unspecified atom stereocenters. The molecule has 0 aliphatic carbocycles. The molecule has 3 N–H and O–H groups in total. The van der Waals surface area contributed by atoms with Crippen LogP contribution in [-0.4, -0.2) is 126 Å². The third-order valence-electron chi connectivity index (χ3n) is 11.1. The molecule has 12 nitrogen and oxygen atoms in total. The van der Waals surface area contributed by atoms with Gasteiger partial charge in [0, 0.05) is 27.8 Å². The van der Waals surface area contributed by atoms with Gasteiger partial charge in [-0.25, -0.2) is 4.31 Å². The van der Waals surface area contributed by atoms with E-state index in [1.54, 1.807) is 44.9 Å². The Kier molecular flexibility index (Phi) is 19.3. The second kappa shape index (κ2) is 22.0. The standard InChI is InChI=1S/C40H69N5O7S/c1-14-26(6)35(43(9)40(50)33(24(2)3)42-39(49)34(25(4)5)44(10)53-13)31(51-11)23-32(46)45-22-18-21-30(45)37(52-12)27(7)38(48)41-28(8)36(47)29-19-16-15-17-20-29/h15-17,19-20,24-28,30-31,33-37,47H,14,18,21-23H2,1-13H3,(H,41,48)(H,42,49)/t26-,27+,28+,30-,31+,33-,34-,35-,36+,37+/m0/s1. The van der Waals surface area contributed by atoms with Crippen molar-refractivity contribution in [3.8, 4) is 0 Å². The van der Waals surface area contributed by atoms with E-state index in [9.17, 15) is 24.3 Å². The quantitative estimate of drug-likeness (QED) is 0.154. The van der Waals surface area contributed by atoms with Gasteiger partial charge >= 0.3 is 0 Å². The number of methoxy groups -OCH3 is 2. The molecule has 0 aromatic heterocycles. The van der Waals surface area contributed by atoms with Gasteiger partial charge in [-0.05, 0) is 56.4 Å². The number of likely N-dealkylation sites (tertiary alicyclic amines) is 1. The van der Waals surface area contributed by atoms with Crippen LogP contribution in [0.1, 0.15) is 92.7 Å². The predicted molar refractivity (Wildman–Crippen MR) is 212 cm³/mol. The average molecular weight is 764 g/mol. The van der Waals surface area contributed by atoms with Gasteiger partial charge in [0.05, 0.1) is 48.8 Å². The van der Waals surface area contributed by atoms with Crippen LogP contribution in [0.15, 0.2) is 30.3 Å². The first kappa shape index (κ1) is 46.4. The van der Waals surface area contributed by atoms with Crippen LogP contribution in [0.3, 0.4) is 0 Å². The molecule has 13 heteroatoms. The number of ether oxygens (including phenoxy) is 2. The van der Waals surface area contributed by atoms with E-state index in [1.165, 1.54) is 11.9 Å². The van der Waals surface area contributed by atoms with Crippen molar-refractivity contribution in [1.29, 1.82) is 0 Å². The van der Waals surface area contributed by atoms with Crippen molar-refractivity contribution < 1.29 is 33.8 Å². The molecule has 0 saturated carbocycles. The van der Waals surface area contributed by atoms with E-state index in [0.29, 0.717) is 18.5 Å². The lowest BCUT2D eigenvalue weighted by Crippen LogP contribution is -2.59. The first-order valence-electron chi connectivity index (χ1n) is 19.2. The molecule has 10 atom stereocenters. The molecule has 0 spiro atoms. The Bertz CT molecular complexity index is 1300. The highest BCUT2D eigenvalue weighted by Crippen LogP contribution is 2.30. The van der Waals surface area contributed by atoms with Crippen molar-refractivity contribution >= 4 is 35.6 Å². The second-order valence-electron chi connectivity index (χ2n) is 15.4. The highest BCUT2D eigenvalue weighted by molar-refractivity contribution is 7.96. The van der Waals surface area contributed by atoms with Gasteiger partial charge in [0.15, 0.2) is 0 Å². The Balaban J connectivity index is 2.26. The minimum atomic E-state index is -0.877. The number of likely N-dealkylation sites (N-methyl/N-ethyl adjacent to an activating group) is 2. The van der Waals surface area contributed by atoms with Crippen LogP contribution in [0, 0.1) is 23.7 Å². The number of amides is 4. The number of nitrogens with zero attached hydrogens (tertiary/aromatic N) is 3. The molecular weight excluding hydrogens is 695 g/mol. The Morgan fingerprint density at radius 2 is 1.57 bits per heavy atom. The fourth-order valence-corrected chi connectivity index (χ4v) is 8.22. The Morgan fingerprint density at radius 3 is 2.08 bits per heavy atom. The summed E-state index contributed by atoms with van der Waals surface area (Å²) in [5.41, 5.74) is 0.711. The summed E-state index contributed by atoms with van der Waals surface area (Å²) in [5, 5.41) is 16.8. The highest BCUT2D eigenvalue weighted by Gasteiger charge is 2.43. The van der Waals surface area contributed by atoms with Gasteiger partial charge in [-0.1, -0.05) is 97.2 Å². The van der Waals surface area contributed by atoms with Crippen LogP contribution >= 0.6 is 11.9 Å². The van der Waals surface area contributed by atoms with Crippen molar-refractivity contribution in [2.24, 2.45) is 23.7 Å². The first-order chi connectivity index (χ1) is 25.0. The maximum absolute atomic E-state index is 14.3. The zero-order valence-corrected chi connectivity index (χ0v) is 35.3. The van der Waals surface area contributed by atoms with E-state index >= 15 is 0 Å². The summed E-state index contributed by atoms with van der Waals surface area (Å²) < 4.78 is 13.9. The summed E-state index contributed by atoms with van der Waals surface area (Å²) in [6.45, 7) is 16.0.